The number of aryl methyl sites for hydroxylation is 1. The van der Waals surface area contributed by atoms with Gasteiger partial charge in [-0.3, -0.25) is 9.59 Å². The summed E-state index contributed by atoms with van der Waals surface area (Å²) in [6.45, 7) is 7.39. The highest BCUT2D eigenvalue weighted by Gasteiger charge is 2.62. The molecule has 3 aliphatic carbocycles. The molecule has 198 valence electrons. The molecule has 4 aliphatic rings. The van der Waals surface area contributed by atoms with Crippen molar-refractivity contribution in [2.45, 2.75) is 96.8 Å². The van der Waals surface area contributed by atoms with E-state index >= 15 is 0 Å². The Labute approximate surface area is 212 Å². The monoisotopic (exact) mass is 504 g/mol. The number of rotatable bonds is 3. The van der Waals surface area contributed by atoms with Crippen LogP contribution in [0.1, 0.15) is 83.3 Å². The maximum atomic E-state index is 14.4. The van der Waals surface area contributed by atoms with Crippen LogP contribution in [-0.2, 0) is 15.1 Å². The minimum atomic E-state index is -4.62. The van der Waals surface area contributed by atoms with Gasteiger partial charge in [0, 0.05) is 18.4 Å². The molecule has 1 aromatic rings. The maximum absolute atomic E-state index is 14.4. The molecule has 2 N–H and O–H groups in total. The molecule has 1 unspecified atom stereocenters. The number of hydrogen-bond acceptors (Lipinski definition) is 2. The lowest BCUT2D eigenvalue weighted by molar-refractivity contribution is -0.199. The molecule has 4 fully saturated rings. The third kappa shape index (κ3) is 3.78. The van der Waals surface area contributed by atoms with E-state index in [1.807, 2.05) is 6.92 Å². The first kappa shape index (κ1) is 25.6. The van der Waals surface area contributed by atoms with Gasteiger partial charge in [-0.2, -0.15) is 13.2 Å². The lowest BCUT2D eigenvalue weighted by atomic mass is 9.47. The molecule has 36 heavy (non-hydrogen) atoms. The minimum Gasteiger partial charge on any atom is -0.353 e. The van der Waals surface area contributed by atoms with E-state index in [-0.39, 0.29) is 28.3 Å². The number of benzene rings is 1. The Balaban J connectivity index is 1.38. The molecule has 0 spiro atoms. The largest absolute Gasteiger partial charge is 0.415 e. The zero-order valence-corrected chi connectivity index (χ0v) is 21.8. The van der Waals surface area contributed by atoms with Crippen molar-refractivity contribution in [1.29, 1.82) is 0 Å². The van der Waals surface area contributed by atoms with Gasteiger partial charge in [0.2, 0.25) is 11.8 Å². The lowest BCUT2D eigenvalue weighted by Crippen LogP contribution is -2.61. The van der Waals surface area contributed by atoms with Crippen LogP contribution < -0.4 is 10.6 Å². The lowest BCUT2D eigenvalue weighted by Gasteiger charge is -2.60. The highest BCUT2D eigenvalue weighted by molar-refractivity contribution is 5.81. The second-order valence-corrected chi connectivity index (χ2v) is 12.7. The number of fused-ring (bicyclic) bond motifs is 5. The van der Waals surface area contributed by atoms with E-state index in [0.29, 0.717) is 30.6 Å². The third-order valence-corrected chi connectivity index (χ3v) is 11.0. The Morgan fingerprint density at radius 1 is 0.972 bits per heavy atom. The van der Waals surface area contributed by atoms with Crippen LogP contribution >= 0.6 is 0 Å². The summed E-state index contributed by atoms with van der Waals surface area (Å²) >= 11 is 0. The molecule has 1 saturated heterocycles. The van der Waals surface area contributed by atoms with E-state index in [1.54, 1.807) is 12.1 Å². The van der Waals surface area contributed by atoms with Crippen LogP contribution in [0.2, 0.25) is 0 Å². The van der Waals surface area contributed by atoms with E-state index in [1.165, 1.54) is 12.1 Å². The second-order valence-electron chi connectivity index (χ2n) is 12.7. The number of nitrogens with one attached hydrogen (secondary N) is 2. The van der Waals surface area contributed by atoms with Crippen molar-refractivity contribution in [3.05, 3.63) is 35.4 Å². The molecular weight excluding hydrogens is 465 g/mol. The topological polar surface area (TPSA) is 58.2 Å². The smallest absolute Gasteiger partial charge is 0.353 e. The fourth-order valence-electron chi connectivity index (χ4n) is 8.66. The van der Waals surface area contributed by atoms with E-state index in [2.05, 4.69) is 24.5 Å². The van der Waals surface area contributed by atoms with Crippen molar-refractivity contribution in [3.8, 4) is 0 Å². The third-order valence-electron chi connectivity index (χ3n) is 11.0. The molecule has 0 radical (unpaired) electrons. The zero-order valence-electron chi connectivity index (χ0n) is 21.8. The van der Waals surface area contributed by atoms with Gasteiger partial charge in [0.1, 0.15) is 0 Å². The molecule has 0 aromatic heterocycles. The number of alkyl halides is 3. The van der Waals surface area contributed by atoms with Gasteiger partial charge in [0.25, 0.3) is 0 Å². The molecule has 4 nitrogen and oxygen atoms in total. The highest BCUT2D eigenvalue weighted by atomic mass is 19.4. The van der Waals surface area contributed by atoms with Gasteiger partial charge in [-0.15, -0.1) is 0 Å². The van der Waals surface area contributed by atoms with E-state index in [0.717, 1.165) is 51.0 Å². The first-order valence-electron chi connectivity index (χ1n) is 13.5. The summed E-state index contributed by atoms with van der Waals surface area (Å²) in [4.78, 5) is 25.7. The van der Waals surface area contributed by atoms with Crippen molar-refractivity contribution in [2.24, 2.45) is 34.5 Å². The molecule has 5 rings (SSSR count). The predicted molar refractivity (Wildman–Crippen MR) is 132 cm³/mol. The van der Waals surface area contributed by atoms with Gasteiger partial charge in [-0.25, -0.2) is 0 Å². The quantitative estimate of drug-likeness (QED) is 0.528. The Kier molecular flexibility index (Phi) is 6.03. The summed E-state index contributed by atoms with van der Waals surface area (Å²) in [6.07, 6.45) is 2.16. The minimum absolute atomic E-state index is 0.0583. The molecule has 1 heterocycles. The first-order chi connectivity index (χ1) is 16.8. The number of piperidine rings is 1. The maximum Gasteiger partial charge on any atom is 0.415 e. The van der Waals surface area contributed by atoms with Gasteiger partial charge in [0.05, 0.1) is 0 Å². The summed E-state index contributed by atoms with van der Waals surface area (Å²) in [5.74, 6) is 0.541. The predicted octanol–water partition coefficient (Wildman–Crippen LogP) is 6.03. The molecule has 8 atom stereocenters. The number of amides is 2. The van der Waals surface area contributed by atoms with E-state index in [9.17, 15) is 22.8 Å². The summed E-state index contributed by atoms with van der Waals surface area (Å²) in [6, 6.07) is 6.46. The normalized spacial score (nSPS) is 39.8. The van der Waals surface area contributed by atoms with Crippen LogP contribution in [0.3, 0.4) is 0 Å². The fourth-order valence-corrected chi connectivity index (χ4v) is 8.66. The SMILES string of the molecule is Cc1ccc(C(C)(NC(=O)[C@H]2CC[C@H]3[C@@H]4CC[C@H]5NC(=O)CC[C@]5(C)[C@H]4CC[C@]23C)C(F)(F)F)cc1. The fraction of sp³-hybridized carbons (Fsp3) is 0.724. The Bertz CT molecular complexity index is 1040. The van der Waals surface area contributed by atoms with Gasteiger partial charge in [-0.05, 0) is 92.9 Å². The van der Waals surface area contributed by atoms with Crippen LogP contribution in [0.5, 0.6) is 0 Å². The molecule has 0 bridgehead atoms. The number of halogens is 3. The zero-order chi connectivity index (χ0) is 26.1. The standard InChI is InChI=1S/C29H39F3N2O2/c1-17-5-7-18(8-6-17)28(4,29(30,31)32)34-25(36)22-11-10-20-19-9-12-23-27(3,16-14-24(35)33-23)21(19)13-15-26(20,22)2/h5-8,19-23H,9-16H2,1-4H3,(H,33,35)(H,34,36)/t19-,20-,21-,22+,23+,26-,27+,28?/m0/s1. The molecular formula is C29H39F3N2O2. The average Bonchev–Trinajstić information content (AvgIpc) is 3.16. The molecule has 7 heteroatoms. The van der Waals surface area contributed by atoms with Crippen molar-refractivity contribution in [3.63, 3.8) is 0 Å². The van der Waals surface area contributed by atoms with Crippen LogP contribution in [0, 0.1) is 41.4 Å². The Hall–Kier alpha value is -2.05. The molecule has 3 saturated carbocycles. The van der Waals surface area contributed by atoms with Gasteiger partial charge < -0.3 is 10.6 Å². The average molecular weight is 505 g/mol. The van der Waals surface area contributed by atoms with Crippen molar-refractivity contribution < 1.29 is 22.8 Å². The van der Waals surface area contributed by atoms with Crippen LogP contribution in [0.15, 0.2) is 24.3 Å². The van der Waals surface area contributed by atoms with E-state index < -0.39 is 23.5 Å². The Morgan fingerprint density at radius 2 is 1.64 bits per heavy atom. The van der Waals surface area contributed by atoms with Crippen LogP contribution in [-0.4, -0.2) is 24.0 Å². The van der Waals surface area contributed by atoms with Crippen molar-refractivity contribution >= 4 is 11.8 Å². The summed E-state index contributed by atoms with van der Waals surface area (Å²) in [7, 11) is 0. The number of carbonyl (C=O) groups is 2. The van der Waals surface area contributed by atoms with E-state index in [4.69, 9.17) is 0 Å². The van der Waals surface area contributed by atoms with Crippen molar-refractivity contribution in [1.82, 2.24) is 10.6 Å². The first-order valence-corrected chi connectivity index (χ1v) is 13.5. The molecule has 2 amide bonds. The summed E-state index contributed by atoms with van der Waals surface area (Å²) in [5, 5.41) is 5.72. The molecule has 1 aromatic carbocycles. The number of hydrogen-bond donors (Lipinski definition) is 2. The summed E-state index contributed by atoms with van der Waals surface area (Å²) < 4.78 is 43.1. The van der Waals surface area contributed by atoms with Gasteiger partial charge in [0.15, 0.2) is 5.54 Å². The number of carbonyl (C=O) groups excluding carboxylic acids is 2. The van der Waals surface area contributed by atoms with Crippen LogP contribution in [0.25, 0.3) is 0 Å². The summed E-state index contributed by atoms with van der Waals surface area (Å²) in [5.41, 5.74) is -1.73. The molecule has 1 aliphatic heterocycles. The van der Waals surface area contributed by atoms with Gasteiger partial charge >= 0.3 is 6.18 Å². The second kappa shape index (κ2) is 8.49. The van der Waals surface area contributed by atoms with Crippen LogP contribution in [0.4, 0.5) is 13.2 Å². The van der Waals surface area contributed by atoms with Gasteiger partial charge in [-0.1, -0.05) is 43.7 Å². The highest BCUT2D eigenvalue weighted by Crippen LogP contribution is 2.65. The van der Waals surface area contributed by atoms with Crippen molar-refractivity contribution in [2.75, 3.05) is 0 Å². The Morgan fingerprint density at radius 3 is 2.31 bits per heavy atom.